The molecule has 0 amide bonds. The molecule has 2 rings (SSSR count). The molecule has 16 heavy (non-hydrogen) atoms. The third-order valence-corrected chi connectivity index (χ3v) is 2.54. The SMILES string of the molecule is CC(C)Oc1ccccc1NC1CCOC1. The molecule has 3 heteroatoms. The second-order valence-electron chi connectivity index (χ2n) is 4.37. The fourth-order valence-corrected chi connectivity index (χ4v) is 1.81. The van der Waals surface area contributed by atoms with E-state index in [2.05, 4.69) is 11.4 Å². The lowest BCUT2D eigenvalue weighted by Gasteiger charge is -2.18. The standard InChI is InChI=1S/C13H19NO2/c1-10(2)16-13-6-4-3-5-12(13)14-11-7-8-15-9-11/h3-6,10-11,14H,7-9H2,1-2H3. The average molecular weight is 221 g/mol. The van der Waals surface area contributed by atoms with Crippen LogP contribution in [0.1, 0.15) is 20.3 Å². The van der Waals surface area contributed by atoms with E-state index in [1.54, 1.807) is 0 Å². The summed E-state index contributed by atoms with van der Waals surface area (Å²) in [5, 5.41) is 3.46. The summed E-state index contributed by atoms with van der Waals surface area (Å²) >= 11 is 0. The highest BCUT2D eigenvalue weighted by molar-refractivity contribution is 5.56. The van der Waals surface area contributed by atoms with E-state index in [0.29, 0.717) is 6.04 Å². The largest absolute Gasteiger partial charge is 0.489 e. The zero-order valence-electron chi connectivity index (χ0n) is 9.90. The van der Waals surface area contributed by atoms with Gasteiger partial charge >= 0.3 is 0 Å². The Balaban J connectivity index is 2.06. The molecule has 3 nitrogen and oxygen atoms in total. The highest BCUT2D eigenvalue weighted by atomic mass is 16.5. The number of benzene rings is 1. The summed E-state index contributed by atoms with van der Waals surface area (Å²) in [6.07, 6.45) is 1.26. The normalized spacial score (nSPS) is 20.1. The van der Waals surface area contributed by atoms with Crippen LogP contribution in [0.15, 0.2) is 24.3 Å². The van der Waals surface area contributed by atoms with E-state index < -0.39 is 0 Å². The third kappa shape index (κ3) is 2.89. The molecule has 1 aliphatic rings. The Labute approximate surface area is 96.8 Å². The quantitative estimate of drug-likeness (QED) is 0.848. The van der Waals surface area contributed by atoms with Gasteiger partial charge in [-0.1, -0.05) is 12.1 Å². The molecule has 1 aromatic rings. The van der Waals surface area contributed by atoms with Crippen molar-refractivity contribution in [3.05, 3.63) is 24.3 Å². The second-order valence-corrected chi connectivity index (χ2v) is 4.37. The number of nitrogens with one attached hydrogen (secondary N) is 1. The first-order valence-corrected chi connectivity index (χ1v) is 5.85. The van der Waals surface area contributed by atoms with Gasteiger partial charge in [-0.05, 0) is 32.4 Å². The predicted octanol–water partition coefficient (Wildman–Crippen LogP) is 2.67. The number of hydrogen-bond donors (Lipinski definition) is 1. The van der Waals surface area contributed by atoms with E-state index in [0.717, 1.165) is 31.1 Å². The van der Waals surface area contributed by atoms with Crippen molar-refractivity contribution in [1.29, 1.82) is 0 Å². The fraction of sp³-hybridized carbons (Fsp3) is 0.538. The van der Waals surface area contributed by atoms with E-state index in [9.17, 15) is 0 Å². The van der Waals surface area contributed by atoms with Crippen LogP contribution in [-0.2, 0) is 4.74 Å². The summed E-state index contributed by atoms with van der Waals surface area (Å²) in [5.74, 6) is 0.921. The molecule has 1 aliphatic heterocycles. The molecule has 0 aliphatic carbocycles. The van der Waals surface area contributed by atoms with Gasteiger partial charge in [0.05, 0.1) is 24.4 Å². The number of hydrogen-bond acceptors (Lipinski definition) is 3. The molecule has 1 atom stereocenters. The molecule has 88 valence electrons. The zero-order chi connectivity index (χ0) is 11.4. The van der Waals surface area contributed by atoms with Crippen molar-refractivity contribution in [1.82, 2.24) is 0 Å². The lowest BCUT2D eigenvalue weighted by Crippen LogP contribution is -2.20. The first kappa shape index (κ1) is 11.3. The number of para-hydroxylation sites is 2. The minimum Gasteiger partial charge on any atom is -0.489 e. The van der Waals surface area contributed by atoms with Gasteiger partial charge in [-0.15, -0.1) is 0 Å². The minimum atomic E-state index is 0.197. The van der Waals surface area contributed by atoms with Crippen molar-refractivity contribution < 1.29 is 9.47 Å². The molecule has 1 aromatic carbocycles. The Morgan fingerprint density at radius 3 is 2.88 bits per heavy atom. The van der Waals surface area contributed by atoms with Crippen molar-refractivity contribution in [2.75, 3.05) is 18.5 Å². The molecule has 1 unspecified atom stereocenters. The van der Waals surface area contributed by atoms with Crippen LogP contribution in [0.2, 0.25) is 0 Å². The molecule has 1 fully saturated rings. The molecule has 0 aromatic heterocycles. The Morgan fingerprint density at radius 1 is 1.38 bits per heavy atom. The van der Waals surface area contributed by atoms with Crippen LogP contribution in [0, 0.1) is 0 Å². The zero-order valence-corrected chi connectivity index (χ0v) is 9.90. The topological polar surface area (TPSA) is 30.5 Å². The maximum atomic E-state index is 5.75. The van der Waals surface area contributed by atoms with Crippen LogP contribution in [0.25, 0.3) is 0 Å². The Kier molecular flexibility index (Phi) is 3.67. The van der Waals surface area contributed by atoms with Gasteiger partial charge in [0.2, 0.25) is 0 Å². The smallest absolute Gasteiger partial charge is 0.142 e. The molecular formula is C13H19NO2. The summed E-state index contributed by atoms with van der Waals surface area (Å²) in [5.41, 5.74) is 1.06. The summed E-state index contributed by atoms with van der Waals surface area (Å²) in [6, 6.07) is 8.48. The maximum Gasteiger partial charge on any atom is 0.142 e. The third-order valence-electron chi connectivity index (χ3n) is 2.54. The van der Waals surface area contributed by atoms with E-state index >= 15 is 0 Å². The first-order valence-electron chi connectivity index (χ1n) is 5.85. The van der Waals surface area contributed by atoms with Crippen LogP contribution in [0.4, 0.5) is 5.69 Å². The van der Waals surface area contributed by atoms with Crippen molar-refractivity contribution in [3.8, 4) is 5.75 Å². The van der Waals surface area contributed by atoms with Gasteiger partial charge in [0.1, 0.15) is 5.75 Å². The van der Waals surface area contributed by atoms with Gasteiger partial charge in [-0.25, -0.2) is 0 Å². The average Bonchev–Trinajstić information content (AvgIpc) is 2.73. The molecule has 0 radical (unpaired) electrons. The predicted molar refractivity (Wildman–Crippen MR) is 65.1 cm³/mol. The molecule has 1 heterocycles. The van der Waals surface area contributed by atoms with E-state index in [1.807, 2.05) is 32.0 Å². The molecule has 1 saturated heterocycles. The summed E-state index contributed by atoms with van der Waals surface area (Å²) < 4.78 is 11.1. The Bertz CT molecular complexity index is 332. The highest BCUT2D eigenvalue weighted by Crippen LogP contribution is 2.26. The molecule has 0 bridgehead atoms. The van der Waals surface area contributed by atoms with Crippen molar-refractivity contribution in [3.63, 3.8) is 0 Å². The van der Waals surface area contributed by atoms with Gasteiger partial charge in [-0.3, -0.25) is 0 Å². The molecular weight excluding hydrogens is 202 g/mol. The van der Waals surface area contributed by atoms with E-state index in [1.165, 1.54) is 0 Å². The molecule has 1 N–H and O–H groups in total. The van der Waals surface area contributed by atoms with Crippen LogP contribution in [-0.4, -0.2) is 25.4 Å². The Hall–Kier alpha value is -1.22. The van der Waals surface area contributed by atoms with E-state index in [-0.39, 0.29) is 6.10 Å². The van der Waals surface area contributed by atoms with Gasteiger partial charge in [0, 0.05) is 6.61 Å². The number of ether oxygens (including phenoxy) is 2. The fourth-order valence-electron chi connectivity index (χ4n) is 1.81. The second kappa shape index (κ2) is 5.21. The lowest BCUT2D eigenvalue weighted by atomic mass is 10.2. The van der Waals surface area contributed by atoms with Gasteiger partial charge in [0.25, 0.3) is 0 Å². The van der Waals surface area contributed by atoms with Crippen LogP contribution in [0.5, 0.6) is 5.75 Å². The summed E-state index contributed by atoms with van der Waals surface area (Å²) in [7, 11) is 0. The van der Waals surface area contributed by atoms with Crippen LogP contribution in [0.3, 0.4) is 0 Å². The van der Waals surface area contributed by atoms with E-state index in [4.69, 9.17) is 9.47 Å². The van der Waals surface area contributed by atoms with Crippen molar-refractivity contribution in [2.45, 2.75) is 32.4 Å². The maximum absolute atomic E-state index is 5.75. The van der Waals surface area contributed by atoms with Crippen LogP contribution < -0.4 is 10.1 Å². The molecule has 0 saturated carbocycles. The lowest BCUT2D eigenvalue weighted by molar-refractivity contribution is 0.195. The summed E-state index contributed by atoms with van der Waals surface area (Å²) in [4.78, 5) is 0. The minimum absolute atomic E-state index is 0.197. The Morgan fingerprint density at radius 2 is 2.19 bits per heavy atom. The molecule has 0 spiro atoms. The number of rotatable bonds is 4. The van der Waals surface area contributed by atoms with Gasteiger partial charge in [0.15, 0.2) is 0 Å². The van der Waals surface area contributed by atoms with Crippen molar-refractivity contribution >= 4 is 5.69 Å². The van der Waals surface area contributed by atoms with Gasteiger partial charge < -0.3 is 14.8 Å². The summed E-state index contributed by atoms with van der Waals surface area (Å²) in [6.45, 7) is 5.71. The first-order chi connectivity index (χ1) is 7.75. The number of anilines is 1. The monoisotopic (exact) mass is 221 g/mol. The van der Waals surface area contributed by atoms with Gasteiger partial charge in [-0.2, -0.15) is 0 Å². The van der Waals surface area contributed by atoms with Crippen molar-refractivity contribution in [2.24, 2.45) is 0 Å². The van der Waals surface area contributed by atoms with Crippen LogP contribution >= 0.6 is 0 Å². The highest BCUT2D eigenvalue weighted by Gasteiger charge is 2.16.